The molecule has 0 saturated carbocycles. The zero-order valence-corrected chi connectivity index (χ0v) is 24.8. The number of benzene rings is 8. The Morgan fingerprint density at radius 2 is 0.696 bits per heavy atom. The Bertz CT molecular complexity index is 2740. The van der Waals surface area contributed by atoms with Crippen LogP contribution < -0.4 is 0 Å². The fourth-order valence-electron chi connectivity index (χ4n) is 7.39. The molecule has 2 heterocycles. The third-order valence-corrected chi connectivity index (χ3v) is 9.45. The summed E-state index contributed by atoms with van der Waals surface area (Å²) in [6.07, 6.45) is 0. The molecule has 0 atom stereocenters. The number of rotatable bonds is 3. The van der Waals surface area contributed by atoms with Crippen molar-refractivity contribution in [1.82, 2.24) is 0 Å². The van der Waals surface area contributed by atoms with E-state index in [1.165, 1.54) is 49.4 Å². The fraction of sp³-hybridized carbons (Fsp3) is 0. The molecule has 0 N–H and O–H groups in total. The molecular weight excluding hydrogens is 560 g/mol. The molecule has 2 aromatic heterocycles. The van der Waals surface area contributed by atoms with Crippen molar-refractivity contribution in [3.63, 3.8) is 0 Å². The maximum absolute atomic E-state index is 6.43. The fourth-order valence-corrected chi connectivity index (χ4v) is 7.39. The minimum absolute atomic E-state index is 0.870. The second-order valence-electron chi connectivity index (χ2n) is 12.0. The van der Waals surface area contributed by atoms with Gasteiger partial charge >= 0.3 is 0 Å². The summed E-state index contributed by atoms with van der Waals surface area (Å²) in [6.45, 7) is 0. The van der Waals surface area contributed by atoms with Crippen LogP contribution >= 0.6 is 0 Å². The predicted molar refractivity (Wildman–Crippen MR) is 192 cm³/mol. The van der Waals surface area contributed by atoms with Crippen LogP contribution in [0.15, 0.2) is 167 Å². The van der Waals surface area contributed by atoms with E-state index in [-0.39, 0.29) is 0 Å². The Morgan fingerprint density at radius 1 is 0.239 bits per heavy atom. The highest BCUT2D eigenvalue weighted by Gasteiger charge is 2.19. The number of furan rings is 2. The molecule has 0 radical (unpaired) electrons. The van der Waals surface area contributed by atoms with Gasteiger partial charge in [-0.3, -0.25) is 0 Å². The molecule has 0 aliphatic rings. The molecule has 0 bridgehead atoms. The SMILES string of the molecule is c1ccc(-c2cccc(-c3c4ccccc4c(-c4ccc5oc6cc7c(cc6c5c4)oc4ccccc47)c4ccccc34)c2)cc1. The van der Waals surface area contributed by atoms with Crippen LogP contribution in [0, 0.1) is 0 Å². The first-order chi connectivity index (χ1) is 22.8. The average molecular weight is 587 g/mol. The van der Waals surface area contributed by atoms with Crippen molar-refractivity contribution in [3.05, 3.63) is 158 Å². The first-order valence-electron chi connectivity index (χ1n) is 15.7. The molecule has 0 spiro atoms. The standard InChI is InChI=1S/C44H26O2/c1-2-11-27(12-3-1)28-13-10-14-29(23-28)43-32-16-4-6-18-34(32)44(35-19-7-5-17-33(35)43)30-21-22-40-36(24-30)38-26-41-37(25-42(38)46-40)31-15-8-9-20-39(31)45-41/h1-26H. The first-order valence-corrected chi connectivity index (χ1v) is 15.7. The van der Waals surface area contributed by atoms with Gasteiger partial charge in [-0.15, -0.1) is 0 Å². The lowest BCUT2D eigenvalue weighted by Crippen LogP contribution is -1.91. The van der Waals surface area contributed by atoms with E-state index in [2.05, 4.69) is 140 Å². The summed E-state index contributed by atoms with van der Waals surface area (Å²) in [5.74, 6) is 0. The summed E-state index contributed by atoms with van der Waals surface area (Å²) < 4.78 is 12.7. The summed E-state index contributed by atoms with van der Waals surface area (Å²) >= 11 is 0. The quantitative estimate of drug-likeness (QED) is 0.193. The van der Waals surface area contributed by atoms with Gasteiger partial charge in [-0.2, -0.15) is 0 Å². The molecule has 8 aromatic carbocycles. The Labute approximate surface area is 264 Å². The molecule has 0 saturated heterocycles. The van der Waals surface area contributed by atoms with Crippen LogP contribution in [0.5, 0.6) is 0 Å². The highest BCUT2D eigenvalue weighted by atomic mass is 16.3. The average Bonchev–Trinajstić information content (AvgIpc) is 3.66. The molecular formula is C44H26O2. The molecule has 0 aliphatic heterocycles. The van der Waals surface area contributed by atoms with Crippen molar-refractivity contribution in [1.29, 1.82) is 0 Å². The molecule has 0 fully saturated rings. The minimum Gasteiger partial charge on any atom is -0.456 e. The summed E-state index contributed by atoms with van der Waals surface area (Å²) in [6, 6.07) is 56.2. The van der Waals surface area contributed by atoms with Crippen LogP contribution in [0.1, 0.15) is 0 Å². The van der Waals surface area contributed by atoms with E-state index in [4.69, 9.17) is 8.83 Å². The Hall–Kier alpha value is -6.12. The van der Waals surface area contributed by atoms with Crippen molar-refractivity contribution in [3.8, 4) is 33.4 Å². The molecule has 0 aliphatic carbocycles. The van der Waals surface area contributed by atoms with Gasteiger partial charge in [0.25, 0.3) is 0 Å². The van der Waals surface area contributed by atoms with E-state index in [1.54, 1.807) is 0 Å². The number of para-hydroxylation sites is 1. The summed E-state index contributed by atoms with van der Waals surface area (Å²) in [5, 5.41) is 9.26. The summed E-state index contributed by atoms with van der Waals surface area (Å²) in [7, 11) is 0. The van der Waals surface area contributed by atoms with Gasteiger partial charge in [0.15, 0.2) is 0 Å². The molecule has 10 rings (SSSR count). The molecule has 0 amide bonds. The normalized spacial score (nSPS) is 11.9. The van der Waals surface area contributed by atoms with E-state index in [0.717, 1.165) is 49.4 Å². The Morgan fingerprint density at radius 3 is 1.35 bits per heavy atom. The van der Waals surface area contributed by atoms with Crippen LogP contribution in [0.4, 0.5) is 0 Å². The van der Waals surface area contributed by atoms with Crippen molar-refractivity contribution in [2.24, 2.45) is 0 Å². The third-order valence-electron chi connectivity index (χ3n) is 9.45. The van der Waals surface area contributed by atoms with Crippen LogP contribution in [-0.2, 0) is 0 Å². The summed E-state index contributed by atoms with van der Waals surface area (Å²) in [5.41, 5.74) is 10.8. The largest absolute Gasteiger partial charge is 0.456 e. The van der Waals surface area contributed by atoms with Crippen molar-refractivity contribution in [2.75, 3.05) is 0 Å². The first kappa shape index (κ1) is 25.2. The number of hydrogen-bond acceptors (Lipinski definition) is 2. The predicted octanol–water partition coefficient (Wildman–Crippen LogP) is 12.8. The van der Waals surface area contributed by atoms with Gasteiger partial charge in [-0.1, -0.05) is 121 Å². The molecule has 46 heavy (non-hydrogen) atoms. The Kier molecular flexibility index (Phi) is 5.31. The van der Waals surface area contributed by atoms with Gasteiger partial charge in [0, 0.05) is 21.5 Å². The van der Waals surface area contributed by atoms with Crippen molar-refractivity contribution < 1.29 is 8.83 Å². The second-order valence-corrected chi connectivity index (χ2v) is 12.0. The van der Waals surface area contributed by atoms with Crippen molar-refractivity contribution >= 4 is 65.4 Å². The monoisotopic (exact) mass is 586 g/mol. The third kappa shape index (κ3) is 3.71. The van der Waals surface area contributed by atoms with Crippen LogP contribution in [0.25, 0.3) is 98.8 Å². The summed E-state index contributed by atoms with van der Waals surface area (Å²) in [4.78, 5) is 0. The van der Waals surface area contributed by atoms with Gasteiger partial charge in [0.05, 0.1) is 0 Å². The zero-order valence-electron chi connectivity index (χ0n) is 24.8. The van der Waals surface area contributed by atoms with Gasteiger partial charge in [-0.25, -0.2) is 0 Å². The van der Waals surface area contributed by atoms with E-state index in [9.17, 15) is 0 Å². The van der Waals surface area contributed by atoms with Crippen molar-refractivity contribution in [2.45, 2.75) is 0 Å². The minimum atomic E-state index is 0.870. The van der Waals surface area contributed by atoms with E-state index >= 15 is 0 Å². The maximum atomic E-state index is 6.43. The molecule has 0 unspecified atom stereocenters. The van der Waals surface area contributed by atoms with Crippen LogP contribution in [-0.4, -0.2) is 0 Å². The van der Waals surface area contributed by atoms with Gasteiger partial charge < -0.3 is 8.83 Å². The smallest absolute Gasteiger partial charge is 0.136 e. The van der Waals surface area contributed by atoms with Crippen LogP contribution in [0.3, 0.4) is 0 Å². The molecule has 214 valence electrons. The number of hydrogen-bond donors (Lipinski definition) is 0. The topological polar surface area (TPSA) is 26.3 Å². The highest BCUT2D eigenvalue weighted by molar-refractivity contribution is 6.22. The van der Waals surface area contributed by atoms with E-state index in [1.807, 2.05) is 18.2 Å². The van der Waals surface area contributed by atoms with Gasteiger partial charge in [0.2, 0.25) is 0 Å². The Balaban J connectivity index is 1.23. The zero-order chi connectivity index (χ0) is 30.2. The maximum Gasteiger partial charge on any atom is 0.136 e. The lowest BCUT2D eigenvalue weighted by atomic mass is 9.85. The molecule has 10 aromatic rings. The lowest BCUT2D eigenvalue weighted by Gasteiger charge is -2.18. The van der Waals surface area contributed by atoms with E-state index in [0.29, 0.717) is 0 Å². The molecule has 2 heteroatoms. The van der Waals surface area contributed by atoms with Gasteiger partial charge in [0.1, 0.15) is 22.3 Å². The highest BCUT2D eigenvalue weighted by Crippen LogP contribution is 2.45. The second kappa shape index (κ2) is 9.69. The lowest BCUT2D eigenvalue weighted by molar-refractivity contribution is 0.664. The van der Waals surface area contributed by atoms with Crippen LogP contribution in [0.2, 0.25) is 0 Å². The number of fused-ring (bicyclic) bond motifs is 8. The van der Waals surface area contributed by atoms with Gasteiger partial charge in [-0.05, 0) is 91.3 Å². The van der Waals surface area contributed by atoms with E-state index < -0.39 is 0 Å². The molecule has 2 nitrogen and oxygen atoms in total.